The molecule has 0 saturated carbocycles. The number of H-pyrrole nitrogens is 1. The van der Waals surface area contributed by atoms with E-state index in [1.165, 1.54) is 11.3 Å². The van der Waals surface area contributed by atoms with Gasteiger partial charge in [-0.05, 0) is 0 Å². The number of imidazole rings is 1. The molecule has 0 radical (unpaired) electrons. The molecule has 2 aromatic rings. The third kappa shape index (κ3) is 2.20. The maximum Gasteiger partial charge on any atom is 0.277 e. The summed E-state index contributed by atoms with van der Waals surface area (Å²) in [5, 5.41) is 4.98. The first kappa shape index (κ1) is 9.81. The van der Waals surface area contributed by atoms with Gasteiger partial charge in [-0.2, -0.15) is 0 Å². The Labute approximate surface area is 89.6 Å². The second-order valence-corrected chi connectivity index (χ2v) is 3.67. The van der Waals surface area contributed by atoms with Gasteiger partial charge in [-0.25, -0.2) is 9.97 Å². The molecule has 6 nitrogen and oxygen atoms in total. The number of aromatic nitrogens is 3. The average molecular weight is 223 g/mol. The molecule has 0 aliphatic rings. The number of nitrogens with zero attached hydrogens (tertiary/aromatic N) is 2. The number of carbonyl (C=O) groups excluding carboxylic acids is 1. The monoisotopic (exact) mass is 223 g/mol. The SMILES string of the molecule is NCc1nc(C(=O)Nc2ncc[nH]2)cs1. The van der Waals surface area contributed by atoms with E-state index in [2.05, 4.69) is 20.3 Å². The summed E-state index contributed by atoms with van der Waals surface area (Å²) in [6.07, 6.45) is 3.18. The molecule has 0 unspecified atom stereocenters. The molecule has 1 amide bonds. The standard InChI is InChI=1S/C8H9N5OS/c9-3-6-12-5(4-15-6)7(14)13-8-10-1-2-11-8/h1-2,4H,3,9H2,(H2,10,11,13,14). The lowest BCUT2D eigenvalue weighted by molar-refractivity contribution is 0.102. The summed E-state index contributed by atoms with van der Waals surface area (Å²) in [5.74, 6) is 0.114. The maximum absolute atomic E-state index is 11.6. The lowest BCUT2D eigenvalue weighted by atomic mass is 10.4. The van der Waals surface area contributed by atoms with Crippen LogP contribution in [-0.2, 0) is 6.54 Å². The number of thiazole rings is 1. The molecule has 0 saturated heterocycles. The van der Waals surface area contributed by atoms with Crippen LogP contribution in [0.2, 0.25) is 0 Å². The fourth-order valence-corrected chi connectivity index (χ4v) is 1.67. The maximum atomic E-state index is 11.6. The molecule has 0 atom stereocenters. The Kier molecular flexibility index (Phi) is 2.75. The summed E-state index contributed by atoms with van der Waals surface area (Å²) < 4.78 is 0. The molecule has 15 heavy (non-hydrogen) atoms. The van der Waals surface area contributed by atoms with Crippen molar-refractivity contribution in [1.82, 2.24) is 15.0 Å². The van der Waals surface area contributed by atoms with Crippen molar-refractivity contribution in [2.45, 2.75) is 6.54 Å². The van der Waals surface area contributed by atoms with Crippen LogP contribution in [-0.4, -0.2) is 20.9 Å². The molecule has 0 spiro atoms. The first-order chi connectivity index (χ1) is 7.29. The molecular formula is C8H9N5OS. The first-order valence-electron chi connectivity index (χ1n) is 4.25. The molecule has 0 bridgehead atoms. The molecule has 2 rings (SSSR count). The lowest BCUT2D eigenvalue weighted by Crippen LogP contribution is -2.13. The summed E-state index contributed by atoms with van der Waals surface area (Å²) >= 11 is 1.36. The predicted molar refractivity (Wildman–Crippen MR) is 56.5 cm³/mol. The normalized spacial score (nSPS) is 10.2. The molecule has 2 heterocycles. The van der Waals surface area contributed by atoms with Gasteiger partial charge in [0.15, 0.2) is 0 Å². The number of hydrogen-bond donors (Lipinski definition) is 3. The Hall–Kier alpha value is -1.73. The zero-order valence-corrected chi connectivity index (χ0v) is 8.54. The van der Waals surface area contributed by atoms with Gasteiger partial charge in [0.05, 0.1) is 0 Å². The van der Waals surface area contributed by atoms with Crippen LogP contribution in [0.5, 0.6) is 0 Å². The fourth-order valence-electron chi connectivity index (χ4n) is 1.01. The van der Waals surface area contributed by atoms with E-state index in [0.717, 1.165) is 5.01 Å². The van der Waals surface area contributed by atoms with Crippen molar-refractivity contribution in [3.63, 3.8) is 0 Å². The van der Waals surface area contributed by atoms with Crippen LogP contribution in [0.25, 0.3) is 0 Å². The second kappa shape index (κ2) is 4.20. The van der Waals surface area contributed by atoms with Crippen LogP contribution >= 0.6 is 11.3 Å². The van der Waals surface area contributed by atoms with Gasteiger partial charge in [-0.1, -0.05) is 0 Å². The van der Waals surface area contributed by atoms with Crippen molar-refractivity contribution < 1.29 is 4.79 Å². The van der Waals surface area contributed by atoms with Gasteiger partial charge >= 0.3 is 0 Å². The average Bonchev–Trinajstić information content (AvgIpc) is 2.86. The highest BCUT2D eigenvalue weighted by Gasteiger charge is 2.10. The van der Waals surface area contributed by atoms with Crippen molar-refractivity contribution >= 4 is 23.2 Å². The molecule has 0 aliphatic heterocycles. The van der Waals surface area contributed by atoms with Gasteiger partial charge in [-0.15, -0.1) is 11.3 Å². The van der Waals surface area contributed by atoms with E-state index < -0.39 is 0 Å². The number of anilines is 1. The molecule has 0 aliphatic carbocycles. The first-order valence-corrected chi connectivity index (χ1v) is 5.13. The van der Waals surface area contributed by atoms with Gasteiger partial charge in [0.1, 0.15) is 10.7 Å². The van der Waals surface area contributed by atoms with Gasteiger partial charge in [-0.3, -0.25) is 10.1 Å². The number of nitrogens with two attached hydrogens (primary N) is 1. The molecule has 0 aromatic carbocycles. The molecule has 4 N–H and O–H groups in total. The minimum atomic E-state index is -0.291. The molecule has 78 valence electrons. The number of carbonyl (C=O) groups is 1. The Morgan fingerprint density at radius 1 is 1.67 bits per heavy atom. The number of amides is 1. The van der Waals surface area contributed by atoms with Crippen molar-refractivity contribution in [2.75, 3.05) is 5.32 Å². The summed E-state index contributed by atoms with van der Waals surface area (Å²) in [4.78, 5) is 22.3. The minimum Gasteiger partial charge on any atom is -0.331 e. The minimum absolute atomic E-state index is 0.291. The van der Waals surface area contributed by atoms with E-state index in [0.29, 0.717) is 18.2 Å². The van der Waals surface area contributed by atoms with Gasteiger partial charge in [0.2, 0.25) is 5.95 Å². The van der Waals surface area contributed by atoms with Gasteiger partial charge in [0, 0.05) is 24.3 Å². The van der Waals surface area contributed by atoms with E-state index >= 15 is 0 Å². The van der Waals surface area contributed by atoms with E-state index in [9.17, 15) is 4.79 Å². The van der Waals surface area contributed by atoms with E-state index in [-0.39, 0.29) is 5.91 Å². The highest BCUT2D eigenvalue weighted by atomic mass is 32.1. The largest absolute Gasteiger partial charge is 0.331 e. The second-order valence-electron chi connectivity index (χ2n) is 2.72. The Morgan fingerprint density at radius 2 is 2.53 bits per heavy atom. The zero-order chi connectivity index (χ0) is 10.7. The van der Waals surface area contributed by atoms with E-state index in [4.69, 9.17) is 5.73 Å². The van der Waals surface area contributed by atoms with Crippen LogP contribution in [0, 0.1) is 0 Å². The van der Waals surface area contributed by atoms with Crippen LogP contribution in [0.15, 0.2) is 17.8 Å². The quantitative estimate of drug-likeness (QED) is 0.709. The summed E-state index contributed by atoms with van der Waals surface area (Å²) in [6.45, 7) is 0.346. The van der Waals surface area contributed by atoms with Crippen molar-refractivity contribution in [3.8, 4) is 0 Å². The van der Waals surface area contributed by atoms with Crippen molar-refractivity contribution in [2.24, 2.45) is 5.73 Å². The van der Waals surface area contributed by atoms with E-state index in [1.807, 2.05) is 0 Å². The Bertz CT molecular complexity index is 449. The zero-order valence-electron chi connectivity index (χ0n) is 7.73. The van der Waals surface area contributed by atoms with Crippen molar-refractivity contribution in [3.05, 3.63) is 28.5 Å². The number of hydrogen-bond acceptors (Lipinski definition) is 5. The molecule has 0 fully saturated rings. The Morgan fingerprint density at radius 3 is 3.13 bits per heavy atom. The van der Waals surface area contributed by atoms with Crippen LogP contribution < -0.4 is 11.1 Å². The number of aromatic amines is 1. The topological polar surface area (TPSA) is 96.7 Å². The summed E-state index contributed by atoms with van der Waals surface area (Å²) in [6, 6.07) is 0. The number of nitrogens with one attached hydrogen (secondary N) is 2. The smallest absolute Gasteiger partial charge is 0.277 e. The fraction of sp³-hybridized carbons (Fsp3) is 0.125. The molecular weight excluding hydrogens is 214 g/mol. The Balaban J connectivity index is 2.08. The van der Waals surface area contributed by atoms with Crippen molar-refractivity contribution in [1.29, 1.82) is 0 Å². The van der Waals surface area contributed by atoms with Gasteiger partial charge < -0.3 is 10.7 Å². The number of rotatable bonds is 3. The van der Waals surface area contributed by atoms with Gasteiger partial charge in [0.25, 0.3) is 5.91 Å². The van der Waals surface area contributed by atoms with Crippen LogP contribution in [0.1, 0.15) is 15.5 Å². The highest BCUT2D eigenvalue weighted by molar-refractivity contribution is 7.09. The predicted octanol–water partition coefficient (Wildman–Crippen LogP) is 0.577. The highest BCUT2D eigenvalue weighted by Crippen LogP contribution is 2.10. The summed E-state index contributed by atoms with van der Waals surface area (Å²) in [7, 11) is 0. The third-order valence-corrected chi connectivity index (χ3v) is 2.56. The van der Waals surface area contributed by atoms with E-state index in [1.54, 1.807) is 17.8 Å². The summed E-state index contributed by atoms with van der Waals surface area (Å²) in [5.41, 5.74) is 5.76. The molecule has 2 aromatic heterocycles. The van der Waals surface area contributed by atoms with Crippen LogP contribution in [0.3, 0.4) is 0 Å². The molecule has 7 heteroatoms. The van der Waals surface area contributed by atoms with Crippen LogP contribution in [0.4, 0.5) is 5.95 Å². The lowest BCUT2D eigenvalue weighted by Gasteiger charge is -1.97. The third-order valence-electron chi connectivity index (χ3n) is 1.69.